The number of hydrogen-bond donors (Lipinski definition) is 2. The maximum atomic E-state index is 12.0. The zero-order chi connectivity index (χ0) is 19.4. The molecule has 2 aromatic rings. The second-order valence-corrected chi connectivity index (χ2v) is 8.49. The van der Waals surface area contributed by atoms with Gasteiger partial charge < -0.3 is 14.6 Å². The maximum Gasteiger partial charge on any atom is 0.338 e. The van der Waals surface area contributed by atoms with E-state index in [1.54, 1.807) is 35.9 Å². The van der Waals surface area contributed by atoms with Gasteiger partial charge in [-0.2, -0.15) is 0 Å². The minimum absolute atomic E-state index is 0.0123. The second kappa shape index (κ2) is 7.88. The lowest BCUT2D eigenvalue weighted by atomic mass is 10.1. The van der Waals surface area contributed by atoms with E-state index in [2.05, 4.69) is 15.0 Å². The van der Waals surface area contributed by atoms with Crippen LogP contribution in [-0.2, 0) is 21.8 Å². The van der Waals surface area contributed by atoms with Crippen LogP contribution < -0.4 is 10.0 Å². The molecule has 0 radical (unpaired) electrons. The van der Waals surface area contributed by atoms with Gasteiger partial charge in [-0.15, -0.1) is 0 Å². The van der Waals surface area contributed by atoms with Crippen LogP contribution in [0.25, 0.3) is 0 Å². The Morgan fingerprint density at radius 2 is 1.85 bits per heavy atom. The largest absolute Gasteiger partial charge is 0.456 e. The third-order valence-corrected chi connectivity index (χ3v) is 4.57. The average Bonchev–Trinajstić information content (AvgIpc) is 2.98. The number of hydrogen-bond acceptors (Lipinski definition) is 6. The van der Waals surface area contributed by atoms with E-state index in [-0.39, 0.29) is 17.5 Å². The average molecular weight is 380 g/mol. The molecule has 0 aliphatic heterocycles. The van der Waals surface area contributed by atoms with Crippen molar-refractivity contribution in [2.45, 2.75) is 31.4 Å². The molecule has 26 heavy (non-hydrogen) atoms. The first kappa shape index (κ1) is 19.9. The topological polar surface area (TPSA) is 102 Å². The van der Waals surface area contributed by atoms with Gasteiger partial charge in [0.05, 0.1) is 11.9 Å². The third-order valence-electron chi connectivity index (χ3n) is 3.22. The molecule has 1 heterocycles. The highest BCUT2D eigenvalue weighted by Gasteiger charge is 2.18. The van der Waals surface area contributed by atoms with Gasteiger partial charge in [-0.25, -0.2) is 22.9 Å². The first-order chi connectivity index (χ1) is 12.1. The summed E-state index contributed by atoms with van der Waals surface area (Å²) in [6.07, 6.45) is 2.87. The van der Waals surface area contributed by atoms with Gasteiger partial charge in [0.25, 0.3) is 10.0 Å². The number of carbonyl (C=O) groups excluding carboxylic acids is 1. The first-order valence-electron chi connectivity index (χ1n) is 8.12. The molecule has 1 aromatic carbocycles. The van der Waals surface area contributed by atoms with Crippen molar-refractivity contribution in [3.05, 3.63) is 42.4 Å². The summed E-state index contributed by atoms with van der Waals surface area (Å²) in [6.45, 7) is 6.02. The lowest BCUT2D eigenvalue weighted by Crippen LogP contribution is -2.29. The fraction of sp³-hybridized carbons (Fsp3) is 0.412. The van der Waals surface area contributed by atoms with E-state index in [1.165, 1.54) is 12.5 Å². The van der Waals surface area contributed by atoms with Crippen LogP contribution in [0.3, 0.4) is 0 Å². The molecule has 0 fully saturated rings. The van der Waals surface area contributed by atoms with E-state index >= 15 is 0 Å². The lowest BCUT2D eigenvalue weighted by molar-refractivity contribution is 0.00695. The second-order valence-electron chi connectivity index (χ2n) is 6.78. The van der Waals surface area contributed by atoms with E-state index in [4.69, 9.17) is 4.74 Å². The number of rotatable bonds is 7. The van der Waals surface area contributed by atoms with Gasteiger partial charge in [-0.05, 0) is 45.0 Å². The summed E-state index contributed by atoms with van der Waals surface area (Å²) in [5, 5.41) is 3.07. The number of esters is 1. The van der Waals surface area contributed by atoms with Crippen LogP contribution in [0, 0.1) is 0 Å². The van der Waals surface area contributed by atoms with Crippen LogP contribution in [0.5, 0.6) is 0 Å². The third kappa shape index (κ3) is 5.85. The molecular formula is C17H24N4O4S. The van der Waals surface area contributed by atoms with E-state index in [0.29, 0.717) is 12.1 Å². The molecule has 0 aliphatic rings. The number of carbonyl (C=O) groups is 1. The Balaban J connectivity index is 1.82. The molecule has 9 heteroatoms. The molecule has 0 bridgehead atoms. The molecule has 0 aliphatic carbocycles. The molecule has 0 saturated heterocycles. The number of aryl methyl sites for hydroxylation is 1. The Bertz CT molecular complexity index is 852. The smallest absolute Gasteiger partial charge is 0.338 e. The minimum Gasteiger partial charge on any atom is -0.456 e. The predicted molar refractivity (Wildman–Crippen MR) is 98.5 cm³/mol. The Kier molecular flexibility index (Phi) is 6.04. The quantitative estimate of drug-likeness (QED) is 0.561. The fourth-order valence-corrected chi connectivity index (χ4v) is 3.06. The summed E-state index contributed by atoms with van der Waals surface area (Å²) in [4.78, 5) is 15.8. The SMILES string of the molecule is Cn1cnc(S(=O)(=O)NCCNc2ccc(C(=O)OC(C)(C)C)cc2)c1. The number of aromatic nitrogens is 2. The normalized spacial score (nSPS) is 12.0. The zero-order valence-corrected chi connectivity index (χ0v) is 16.1. The Hall–Kier alpha value is -2.39. The maximum absolute atomic E-state index is 12.0. The van der Waals surface area contributed by atoms with E-state index < -0.39 is 15.6 Å². The molecule has 0 spiro atoms. The molecule has 0 amide bonds. The molecule has 2 rings (SSSR count). The number of imidazole rings is 1. The highest BCUT2D eigenvalue weighted by molar-refractivity contribution is 7.89. The molecule has 142 valence electrons. The van der Waals surface area contributed by atoms with Crippen LogP contribution in [0.4, 0.5) is 5.69 Å². The Morgan fingerprint density at radius 1 is 1.19 bits per heavy atom. The molecule has 1 aromatic heterocycles. The summed E-state index contributed by atoms with van der Waals surface area (Å²) >= 11 is 0. The van der Waals surface area contributed by atoms with Crippen molar-refractivity contribution in [3.63, 3.8) is 0 Å². The van der Waals surface area contributed by atoms with Crippen molar-refractivity contribution in [2.24, 2.45) is 7.05 Å². The predicted octanol–water partition coefficient (Wildman–Crippen LogP) is 1.77. The first-order valence-corrected chi connectivity index (χ1v) is 9.60. The summed E-state index contributed by atoms with van der Waals surface area (Å²) < 4.78 is 33.4. The van der Waals surface area contributed by atoms with Crippen molar-refractivity contribution >= 4 is 21.7 Å². The number of nitrogens with zero attached hydrogens (tertiary/aromatic N) is 2. The number of ether oxygens (including phenoxy) is 1. The Morgan fingerprint density at radius 3 is 2.38 bits per heavy atom. The van der Waals surface area contributed by atoms with Crippen LogP contribution in [0.2, 0.25) is 0 Å². The van der Waals surface area contributed by atoms with Gasteiger partial charge in [0.2, 0.25) is 0 Å². The monoisotopic (exact) mass is 380 g/mol. The van der Waals surface area contributed by atoms with Gasteiger partial charge in [0.1, 0.15) is 5.60 Å². The summed E-state index contributed by atoms with van der Waals surface area (Å²) in [7, 11) is -1.91. The van der Waals surface area contributed by atoms with E-state index in [0.717, 1.165) is 5.69 Å². The number of benzene rings is 1. The highest BCUT2D eigenvalue weighted by atomic mass is 32.2. The van der Waals surface area contributed by atoms with Crippen LogP contribution in [-0.4, -0.2) is 42.6 Å². The van der Waals surface area contributed by atoms with Gasteiger partial charge in [-0.1, -0.05) is 0 Å². The van der Waals surface area contributed by atoms with Gasteiger partial charge in [0, 0.05) is 32.0 Å². The molecular weight excluding hydrogens is 356 g/mol. The number of anilines is 1. The van der Waals surface area contributed by atoms with Gasteiger partial charge in [0.15, 0.2) is 5.03 Å². The van der Waals surface area contributed by atoms with E-state index in [9.17, 15) is 13.2 Å². The number of nitrogens with one attached hydrogen (secondary N) is 2. The van der Waals surface area contributed by atoms with Crippen LogP contribution in [0.1, 0.15) is 31.1 Å². The van der Waals surface area contributed by atoms with Crippen molar-refractivity contribution < 1.29 is 17.9 Å². The van der Waals surface area contributed by atoms with E-state index in [1.807, 2.05) is 20.8 Å². The van der Waals surface area contributed by atoms with Crippen molar-refractivity contribution in [2.75, 3.05) is 18.4 Å². The minimum atomic E-state index is -3.61. The summed E-state index contributed by atoms with van der Waals surface area (Å²) in [5.41, 5.74) is 0.689. The van der Waals surface area contributed by atoms with Crippen LogP contribution >= 0.6 is 0 Å². The Labute approximate surface area is 153 Å². The number of sulfonamides is 1. The highest BCUT2D eigenvalue weighted by Crippen LogP contribution is 2.14. The van der Waals surface area contributed by atoms with Crippen molar-refractivity contribution in [1.29, 1.82) is 0 Å². The molecule has 0 unspecified atom stereocenters. The summed E-state index contributed by atoms with van der Waals surface area (Å²) in [5.74, 6) is -0.382. The lowest BCUT2D eigenvalue weighted by Gasteiger charge is -2.19. The van der Waals surface area contributed by atoms with Gasteiger partial charge in [-0.3, -0.25) is 0 Å². The molecule has 0 saturated carbocycles. The van der Waals surface area contributed by atoms with Crippen molar-refractivity contribution in [3.8, 4) is 0 Å². The molecule has 0 atom stereocenters. The van der Waals surface area contributed by atoms with Crippen LogP contribution in [0.15, 0.2) is 41.8 Å². The zero-order valence-electron chi connectivity index (χ0n) is 15.3. The van der Waals surface area contributed by atoms with Gasteiger partial charge >= 0.3 is 5.97 Å². The van der Waals surface area contributed by atoms with Crippen molar-refractivity contribution in [1.82, 2.24) is 14.3 Å². The molecule has 8 nitrogen and oxygen atoms in total. The molecule has 2 N–H and O–H groups in total. The fourth-order valence-electron chi connectivity index (χ4n) is 2.05. The summed E-state index contributed by atoms with van der Waals surface area (Å²) in [6, 6.07) is 6.81. The standard InChI is InChI=1S/C17H24N4O4S/c1-17(2,3)25-16(22)13-5-7-14(8-6-13)18-9-10-20-26(23,24)15-11-21(4)12-19-15/h5-8,11-12,18,20H,9-10H2,1-4H3.